The zero-order valence-corrected chi connectivity index (χ0v) is 7.99. The highest BCUT2D eigenvalue weighted by molar-refractivity contribution is 6.22. The van der Waals surface area contributed by atoms with Gasteiger partial charge in [0.1, 0.15) is 0 Å². The SMILES string of the molecule is CCC(Cl)(c1ccccc1)[N+](=O)[O-]. The minimum atomic E-state index is -1.47. The highest BCUT2D eigenvalue weighted by Crippen LogP contribution is 2.32. The van der Waals surface area contributed by atoms with E-state index in [-0.39, 0.29) is 6.42 Å². The van der Waals surface area contributed by atoms with Gasteiger partial charge in [-0.25, -0.2) is 0 Å². The summed E-state index contributed by atoms with van der Waals surface area (Å²) in [6.45, 7) is 1.70. The molecule has 13 heavy (non-hydrogen) atoms. The Kier molecular flexibility index (Phi) is 2.88. The van der Waals surface area contributed by atoms with Gasteiger partial charge in [-0.3, -0.25) is 10.1 Å². The van der Waals surface area contributed by atoms with E-state index in [1.165, 1.54) is 0 Å². The summed E-state index contributed by atoms with van der Waals surface area (Å²) in [6.07, 6.45) is 0.269. The van der Waals surface area contributed by atoms with Crippen molar-refractivity contribution in [2.75, 3.05) is 0 Å². The summed E-state index contributed by atoms with van der Waals surface area (Å²) < 4.78 is 0. The van der Waals surface area contributed by atoms with Crippen molar-refractivity contribution in [1.29, 1.82) is 0 Å². The first-order chi connectivity index (χ1) is 6.11. The first-order valence-corrected chi connectivity index (χ1v) is 4.38. The predicted octanol–water partition coefficient (Wildman–Crippen LogP) is 2.76. The van der Waals surface area contributed by atoms with Gasteiger partial charge in [-0.05, 0) is 11.6 Å². The van der Waals surface area contributed by atoms with Crippen molar-refractivity contribution in [2.24, 2.45) is 0 Å². The smallest absolute Gasteiger partial charge is 0.262 e. The van der Waals surface area contributed by atoms with E-state index in [0.717, 1.165) is 0 Å². The van der Waals surface area contributed by atoms with Crippen molar-refractivity contribution in [3.63, 3.8) is 0 Å². The Balaban J connectivity index is 3.11. The number of benzene rings is 1. The van der Waals surface area contributed by atoms with Crippen LogP contribution in [0.5, 0.6) is 0 Å². The van der Waals surface area contributed by atoms with Gasteiger partial charge in [0.2, 0.25) is 0 Å². The quantitative estimate of drug-likeness (QED) is 0.325. The van der Waals surface area contributed by atoms with Gasteiger partial charge in [0.25, 0.3) is 0 Å². The first-order valence-electron chi connectivity index (χ1n) is 4.00. The highest BCUT2D eigenvalue weighted by Gasteiger charge is 2.40. The molecule has 0 heterocycles. The van der Waals surface area contributed by atoms with E-state index in [4.69, 9.17) is 11.6 Å². The van der Waals surface area contributed by atoms with Gasteiger partial charge >= 0.3 is 5.00 Å². The molecule has 0 saturated heterocycles. The topological polar surface area (TPSA) is 43.1 Å². The van der Waals surface area contributed by atoms with Gasteiger partial charge < -0.3 is 0 Å². The maximum absolute atomic E-state index is 10.7. The molecule has 0 aliphatic heterocycles. The molecule has 0 N–H and O–H groups in total. The summed E-state index contributed by atoms with van der Waals surface area (Å²) in [5.74, 6) is 0. The minimum Gasteiger partial charge on any atom is -0.262 e. The van der Waals surface area contributed by atoms with E-state index in [1.54, 1.807) is 37.3 Å². The summed E-state index contributed by atoms with van der Waals surface area (Å²) in [6, 6.07) is 8.62. The summed E-state index contributed by atoms with van der Waals surface area (Å²) in [5.41, 5.74) is 0.532. The lowest BCUT2D eigenvalue weighted by molar-refractivity contribution is -0.550. The average Bonchev–Trinajstić information content (AvgIpc) is 2.17. The molecule has 1 rings (SSSR count). The number of halogens is 1. The maximum atomic E-state index is 10.7. The zero-order valence-electron chi connectivity index (χ0n) is 7.24. The molecular weight excluding hydrogens is 190 g/mol. The van der Waals surface area contributed by atoms with Crippen LogP contribution in [-0.4, -0.2) is 4.92 Å². The van der Waals surface area contributed by atoms with Crippen LogP contribution in [0.15, 0.2) is 30.3 Å². The molecule has 0 bridgehead atoms. The molecular formula is C9H10ClNO2. The lowest BCUT2D eigenvalue weighted by Crippen LogP contribution is -2.27. The normalized spacial score (nSPS) is 14.9. The van der Waals surface area contributed by atoms with Gasteiger partial charge in [-0.1, -0.05) is 37.3 Å². The van der Waals surface area contributed by atoms with E-state index < -0.39 is 9.92 Å². The fourth-order valence-electron chi connectivity index (χ4n) is 1.13. The molecule has 0 saturated carbocycles. The molecule has 0 amide bonds. The molecule has 0 radical (unpaired) electrons. The third-order valence-electron chi connectivity index (χ3n) is 1.97. The Hall–Kier alpha value is -1.09. The largest absolute Gasteiger partial charge is 0.320 e. The second-order valence-electron chi connectivity index (χ2n) is 2.74. The van der Waals surface area contributed by atoms with Crippen LogP contribution in [0.3, 0.4) is 0 Å². The van der Waals surface area contributed by atoms with Crippen LogP contribution in [-0.2, 0) is 5.00 Å². The first kappa shape index (κ1) is 9.99. The molecule has 1 aromatic rings. The van der Waals surface area contributed by atoms with Crippen molar-refractivity contribution in [3.05, 3.63) is 46.0 Å². The molecule has 0 aromatic heterocycles. The van der Waals surface area contributed by atoms with Crippen LogP contribution >= 0.6 is 11.6 Å². The minimum absolute atomic E-state index is 0.269. The molecule has 70 valence electrons. The van der Waals surface area contributed by atoms with Crippen LogP contribution in [0.25, 0.3) is 0 Å². The number of nitrogens with zero attached hydrogens (tertiary/aromatic N) is 1. The molecule has 1 atom stereocenters. The van der Waals surface area contributed by atoms with Gasteiger partial charge in [0.05, 0.1) is 0 Å². The van der Waals surface area contributed by atoms with Crippen LogP contribution < -0.4 is 0 Å². The molecule has 0 fully saturated rings. The molecule has 1 unspecified atom stereocenters. The fourth-order valence-corrected chi connectivity index (χ4v) is 1.26. The summed E-state index contributed by atoms with van der Waals surface area (Å²) in [4.78, 5) is 8.80. The van der Waals surface area contributed by atoms with Crippen molar-refractivity contribution in [3.8, 4) is 0 Å². The molecule has 0 spiro atoms. The Morgan fingerprint density at radius 3 is 2.38 bits per heavy atom. The average molecular weight is 200 g/mol. The number of hydrogen-bond acceptors (Lipinski definition) is 2. The molecule has 4 heteroatoms. The second kappa shape index (κ2) is 3.75. The molecule has 1 aromatic carbocycles. The van der Waals surface area contributed by atoms with E-state index in [0.29, 0.717) is 5.56 Å². The van der Waals surface area contributed by atoms with Crippen molar-refractivity contribution < 1.29 is 4.92 Å². The summed E-state index contributed by atoms with van der Waals surface area (Å²) >= 11 is 5.88. The van der Waals surface area contributed by atoms with Crippen molar-refractivity contribution in [2.45, 2.75) is 18.3 Å². The van der Waals surface area contributed by atoms with E-state index >= 15 is 0 Å². The van der Waals surface area contributed by atoms with Crippen molar-refractivity contribution in [1.82, 2.24) is 0 Å². The zero-order chi connectivity index (χ0) is 9.90. The lowest BCUT2D eigenvalue weighted by Gasteiger charge is -2.16. The number of nitro groups is 1. The van der Waals surface area contributed by atoms with Crippen molar-refractivity contribution >= 4 is 11.6 Å². The fraction of sp³-hybridized carbons (Fsp3) is 0.333. The molecule has 0 aliphatic rings. The number of hydrogen-bond donors (Lipinski definition) is 0. The second-order valence-corrected chi connectivity index (χ2v) is 3.36. The van der Waals surface area contributed by atoms with Crippen LogP contribution in [0.2, 0.25) is 0 Å². The highest BCUT2D eigenvalue weighted by atomic mass is 35.5. The van der Waals surface area contributed by atoms with Crippen LogP contribution in [0.1, 0.15) is 18.9 Å². The van der Waals surface area contributed by atoms with Gasteiger partial charge in [-0.2, -0.15) is 0 Å². The molecule has 0 aliphatic carbocycles. The van der Waals surface area contributed by atoms with Gasteiger partial charge in [0.15, 0.2) is 0 Å². The maximum Gasteiger partial charge on any atom is 0.320 e. The van der Waals surface area contributed by atoms with E-state index in [1.807, 2.05) is 0 Å². The monoisotopic (exact) mass is 199 g/mol. The van der Waals surface area contributed by atoms with Crippen LogP contribution in [0, 0.1) is 10.1 Å². The predicted molar refractivity (Wildman–Crippen MR) is 51.3 cm³/mol. The van der Waals surface area contributed by atoms with Gasteiger partial charge in [0, 0.05) is 16.9 Å². The Labute approximate surface area is 81.5 Å². The third kappa shape index (κ3) is 1.80. The third-order valence-corrected chi connectivity index (χ3v) is 2.60. The number of alkyl halides is 1. The van der Waals surface area contributed by atoms with E-state index in [9.17, 15) is 10.1 Å². The summed E-state index contributed by atoms with van der Waals surface area (Å²) in [7, 11) is 0. The van der Waals surface area contributed by atoms with Crippen LogP contribution in [0.4, 0.5) is 0 Å². The lowest BCUT2D eigenvalue weighted by atomic mass is 10.1. The number of rotatable bonds is 3. The Morgan fingerprint density at radius 1 is 1.46 bits per heavy atom. The van der Waals surface area contributed by atoms with E-state index in [2.05, 4.69) is 0 Å². The van der Waals surface area contributed by atoms with Gasteiger partial charge in [-0.15, -0.1) is 0 Å². The Bertz CT molecular complexity index is 302. The summed E-state index contributed by atoms with van der Waals surface area (Å²) in [5, 5.41) is 10.7. The Morgan fingerprint density at radius 2 is 2.00 bits per heavy atom. The molecule has 3 nitrogen and oxygen atoms in total. The standard InChI is InChI=1S/C9H10ClNO2/c1-2-9(10,11(12)13)8-6-4-3-5-7-8/h3-7H,2H2,1H3.